The van der Waals surface area contributed by atoms with E-state index in [0.717, 1.165) is 16.8 Å². The largest absolute Gasteiger partial charge is 0.326 e. The van der Waals surface area contributed by atoms with Gasteiger partial charge in [0, 0.05) is 34.1 Å². The monoisotopic (exact) mass is 402 g/mol. The van der Waals surface area contributed by atoms with Gasteiger partial charge in [-0.15, -0.1) is 0 Å². The van der Waals surface area contributed by atoms with Crippen LogP contribution in [0.3, 0.4) is 0 Å². The number of ketones is 1. The molecular formula is C21H20Cl2N2O2. The number of benzene rings is 2. The fourth-order valence-electron chi connectivity index (χ4n) is 2.69. The van der Waals surface area contributed by atoms with E-state index in [0.29, 0.717) is 12.0 Å². The summed E-state index contributed by atoms with van der Waals surface area (Å²) < 4.78 is 0. The van der Waals surface area contributed by atoms with Crippen molar-refractivity contribution in [2.75, 3.05) is 5.32 Å². The molecule has 2 aromatic carbocycles. The van der Waals surface area contributed by atoms with Gasteiger partial charge in [-0.05, 0) is 55.7 Å². The van der Waals surface area contributed by atoms with Crippen molar-refractivity contribution in [2.45, 2.75) is 39.0 Å². The summed E-state index contributed by atoms with van der Waals surface area (Å²) in [4.78, 5) is 24.5. The van der Waals surface area contributed by atoms with Crippen molar-refractivity contribution in [1.82, 2.24) is 0 Å². The molecule has 1 amide bonds. The number of aryl methyl sites for hydroxylation is 2. The minimum Gasteiger partial charge on any atom is -0.326 e. The number of nitriles is 1. The summed E-state index contributed by atoms with van der Waals surface area (Å²) in [7, 11) is 0. The van der Waals surface area contributed by atoms with E-state index in [1.165, 1.54) is 0 Å². The van der Waals surface area contributed by atoms with Gasteiger partial charge >= 0.3 is 0 Å². The summed E-state index contributed by atoms with van der Waals surface area (Å²) in [6.45, 7) is 3.98. The molecule has 27 heavy (non-hydrogen) atoms. The molecular weight excluding hydrogens is 383 g/mol. The standard InChI is InChI=1S/C21H20Cl2N2O2/c1-13-9-10-15(11-14(13)2)25-20(27)8-4-7-19(26)16(12-24)21-17(22)5-3-6-18(21)23/h3,5-6,9-11,16H,4,7-8H2,1-2H3,(H,25,27)/t16-/m1/s1. The lowest BCUT2D eigenvalue weighted by atomic mass is 9.93. The molecule has 0 unspecified atom stereocenters. The third-order valence-electron chi connectivity index (χ3n) is 4.36. The van der Waals surface area contributed by atoms with Crippen LogP contribution in [0.25, 0.3) is 0 Å². The molecule has 1 N–H and O–H groups in total. The third kappa shape index (κ3) is 5.56. The van der Waals surface area contributed by atoms with Crippen LogP contribution in [0.2, 0.25) is 10.0 Å². The molecule has 0 aliphatic rings. The molecule has 0 aliphatic heterocycles. The van der Waals surface area contributed by atoms with Crippen LogP contribution in [0.5, 0.6) is 0 Å². The summed E-state index contributed by atoms with van der Waals surface area (Å²) >= 11 is 12.2. The molecule has 2 aromatic rings. The normalized spacial score (nSPS) is 11.5. The molecule has 0 saturated carbocycles. The van der Waals surface area contributed by atoms with Crippen LogP contribution < -0.4 is 5.32 Å². The number of hydrogen-bond donors (Lipinski definition) is 1. The highest BCUT2D eigenvalue weighted by atomic mass is 35.5. The second-order valence-electron chi connectivity index (χ2n) is 6.36. The van der Waals surface area contributed by atoms with Gasteiger partial charge in [0.05, 0.1) is 6.07 Å². The molecule has 0 aliphatic carbocycles. The van der Waals surface area contributed by atoms with Gasteiger partial charge in [-0.25, -0.2) is 0 Å². The molecule has 0 aromatic heterocycles. The van der Waals surface area contributed by atoms with Gasteiger partial charge in [0.1, 0.15) is 5.92 Å². The number of amides is 1. The number of nitrogens with one attached hydrogen (secondary N) is 1. The summed E-state index contributed by atoms with van der Waals surface area (Å²) in [5, 5.41) is 12.8. The topological polar surface area (TPSA) is 70.0 Å². The Labute approximate surface area is 169 Å². The number of nitrogens with zero attached hydrogens (tertiary/aromatic N) is 1. The highest BCUT2D eigenvalue weighted by Gasteiger charge is 2.24. The van der Waals surface area contributed by atoms with Crippen LogP contribution >= 0.6 is 23.2 Å². The first-order chi connectivity index (χ1) is 12.8. The third-order valence-corrected chi connectivity index (χ3v) is 5.02. The predicted molar refractivity (Wildman–Crippen MR) is 108 cm³/mol. The van der Waals surface area contributed by atoms with Crippen molar-refractivity contribution < 1.29 is 9.59 Å². The zero-order chi connectivity index (χ0) is 20.0. The highest BCUT2D eigenvalue weighted by molar-refractivity contribution is 6.36. The van der Waals surface area contributed by atoms with Crippen molar-refractivity contribution in [3.63, 3.8) is 0 Å². The predicted octanol–water partition coefficient (Wildman–Crippen LogP) is 5.60. The van der Waals surface area contributed by atoms with Gasteiger partial charge in [-0.1, -0.05) is 35.3 Å². The van der Waals surface area contributed by atoms with Crippen molar-refractivity contribution >= 4 is 40.6 Å². The minimum atomic E-state index is -1.03. The number of hydrogen-bond acceptors (Lipinski definition) is 3. The van der Waals surface area contributed by atoms with Crippen LogP contribution in [-0.2, 0) is 9.59 Å². The molecule has 1 atom stereocenters. The van der Waals surface area contributed by atoms with E-state index < -0.39 is 5.92 Å². The zero-order valence-corrected chi connectivity index (χ0v) is 16.7. The highest BCUT2D eigenvalue weighted by Crippen LogP contribution is 2.32. The number of carbonyl (C=O) groups excluding carboxylic acids is 2. The SMILES string of the molecule is Cc1ccc(NC(=O)CCCC(=O)[C@@H](C#N)c2c(Cl)cccc2Cl)cc1C. The van der Waals surface area contributed by atoms with Gasteiger partial charge in [-0.2, -0.15) is 5.26 Å². The average molecular weight is 403 g/mol. The maximum atomic E-state index is 12.4. The second-order valence-corrected chi connectivity index (χ2v) is 7.18. The van der Waals surface area contributed by atoms with Gasteiger partial charge < -0.3 is 5.32 Å². The average Bonchev–Trinajstić information content (AvgIpc) is 2.61. The minimum absolute atomic E-state index is 0.0973. The van der Waals surface area contributed by atoms with E-state index >= 15 is 0 Å². The Bertz CT molecular complexity index is 883. The summed E-state index contributed by atoms with van der Waals surface area (Å²) in [5.74, 6) is -1.50. The van der Waals surface area contributed by atoms with Crippen LogP contribution in [0.15, 0.2) is 36.4 Å². The van der Waals surface area contributed by atoms with E-state index in [9.17, 15) is 14.9 Å². The fraction of sp³-hybridized carbons (Fsp3) is 0.286. The number of anilines is 1. The van der Waals surface area contributed by atoms with E-state index in [2.05, 4.69) is 5.32 Å². The Hall–Kier alpha value is -2.35. The van der Waals surface area contributed by atoms with Crippen molar-refractivity contribution in [3.8, 4) is 6.07 Å². The molecule has 0 spiro atoms. The van der Waals surface area contributed by atoms with Crippen LogP contribution in [0, 0.1) is 25.2 Å². The first kappa shape index (κ1) is 21.0. The van der Waals surface area contributed by atoms with Gasteiger partial charge in [0.15, 0.2) is 5.78 Å². The summed E-state index contributed by atoms with van der Waals surface area (Å²) in [6, 6.07) is 12.5. The maximum absolute atomic E-state index is 12.4. The maximum Gasteiger partial charge on any atom is 0.224 e. The van der Waals surface area contributed by atoms with Gasteiger partial charge in [0.2, 0.25) is 5.91 Å². The first-order valence-corrected chi connectivity index (χ1v) is 9.32. The van der Waals surface area contributed by atoms with E-state index in [1.807, 2.05) is 38.1 Å². The molecule has 0 saturated heterocycles. The quantitative estimate of drug-likeness (QED) is 0.655. The van der Waals surface area contributed by atoms with Gasteiger partial charge in [-0.3, -0.25) is 9.59 Å². The molecule has 0 fully saturated rings. The Morgan fingerprint density at radius 3 is 2.33 bits per heavy atom. The molecule has 2 rings (SSSR count). The summed E-state index contributed by atoms with van der Waals surface area (Å²) in [5.41, 5.74) is 3.30. The number of Topliss-reactive ketones (excluding diaryl/α,β-unsaturated/α-hetero) is 1. The fourth-order valence-corrected chi connectivity index (χ4v) is 3.31. The Kier molecular flexibility index (Phi) is 7.41. The Balaban J connectivity index is 1.91. The molecule has 6 heteroatoms. The molecule has 4 nitrogen and oxygen atoms in total. The molecule has 0 bridgehead atoms. The number of carbonyl (C=O) groups is 2. The smallest absolute Gasteiger partial charge is 0.224 e. The summed E-state index contributed by atoms with van der Waals surface area (Å²) in [6.07, 6.45) is 0.628. The second kappa shape index (κ2) is 9.55. The Morgan fingerprint density at radius 1 is 1.07 bits per heavy atom. The van der Waals surface area contributed by atoms with Crippen LogP contribution in [0.4, 0.5) is 5.69 Å². The first-order valence-electron chi connectivity index (χ1n) is 8.57. The van der Waals surface area contributed by atoms with Crippen LogP contribution in [0.1, 0.15) is 41.9 Å². The van der Waals surface area contributed by atoms with E-state index in [1.54, 1.807) is 18.2 Å². The molecule has 140 valence electrons. The zero-order valence-electron chi connectivity index (χ0n) is 15.2. The number of rotatable bonds is 7. The molecule has 0 heterocycles. The lowest BCUT2D eigenvalue weighted by Crippen LogP contribution is -2.15. The van der Waals surface area contributed by atoms with Gasteiger partial charge in [0.25, 0.3) is 0 Å². The Morgan fingerprint density at radius 2 is 1.74 bits per heavy atom. The van der Waals surface area contributed by atoms with Crippen LogP contribution in [-0.4, -0.2) is 11.7 Å². The lowest BCUT2D eigenvalue weighted by molar-refractivity contribution is -0.119. The van der Waals surface area contributed by atoms with E-state index in [-0.39, 0.29) is 34.6 Å². The van der Waals surface area contributed by atoms with Crippen molar-refractivity contribution in [2.24, 2.45) is 0 Å². The molecule has 0 radical (unpaired) electrons. The van der Waals surface area contributed by atoms with Crippen molar-refractivity contribution in [1.29, 1.82) is 5.26 Å². The number of halogens is 2. The van der Waals surface area contributed by atoms with E-state index in [4.69, 9.17) is 23.2 Å². The van der Waals surface area contributed by atoms with Crippen molar-refractivity contribution in [3.05, 3.63) is 63.1 Å². The lowest BCUT2D eigenvalue weighted by Gasteiger charge is -2.12.